The highest BCUT2D eigenvalue weighted by Crippen LogP contribution is 2.39. The molecular formula is C23H32FN3O2. The summed E-state index contributed by atoms with van der Waals surface area (Å²) < 4.78 is 25.0. The van der Waals surface area contributed by atoms with Crippen LogP contribution >= 0.6 is 0 Å². The van der Waals surface area contributed by atoms with Crippen molar-refractivity contribution >= 4 is 16.7 Å². The fourth-order valence-corrected chi connectivity index (χ4v) is 4.50. The zero-order chi connectivity index (χ0) is 20.4. The first kappa shape index (κ1) is 20.2. The number of nitrogens with one attached hydrogen (secondary N) is 1. The van der Waals surface area contributed by atoms with Crippen molar-refractivity contribution in [3.8, 4) is 11.5 Å². The monoisotopic (exact) mass is 401 g/mol. The molecule has 0 bridgehead atoms. The summed E-state index contributed by atoms with van der Waals surface area (Å²) in [5.74, 6) is 2.49. The van der Waals surface area contributed by atoms with Crippen LogP contribution in [0, 0.1) is 0 Å². The summed E-state index contributed by atoms with van der Waals surface area (Å²) in [6.07, 6.45) is 4.17. The normalized spacial score (nSPS) is 19.1. The van der Waals surface area contributed by atoms with E-state index in [9.17, 15) is 4.39 Å². The van der Waals surface area contributed by atoms with Crippen LogP contribution in [0.4, 0.5) is 10.2 Å². The van der Waals surface area contributed by atoms with E-state index in [0.717, 1.165) is 55.2 Å². The number of anilines is 1. The molecule has 1 atom stereocenters. The number of hydrogen-bond donors (Lipinski definition) is 1. The molecule has 1 saturated heterocycles. The number of hydrogen-bond acceptors (Lipinski definition) is 5. The zero-order valence-electron chi connectivity index (χ0n) is 17.8. The summed E-state index contributed by atoms with van der Waals surface area (Å²) in [5.41, 5.74) is 3.68. The quantitative estimate of drug-likeness (QED) is 0.666. The first-order valence-corrected chi connectivity index (χ1v) is 10.8. The SMILES string of the molecule is COc1cc2c3c(c(NC(C)C)nc2cc1OCCCN1CC[C@H](F)C1)CCC3. The van der Waals surface area contributed by atoms with E-state index in [1.54, 1.807) is 7.11 Å². The molecule has 0 spiro atoms. The third-order valence-electron chi connectivity index (χ3n) is 5.86. The summed E-state index contributed by atoms with van der Waals surface area (Å²) in [5, 5.41) is 4.68. The minimum Gasteiger partial charge on any atom is -0.493 e. The summed E-state index contributed by atoms with van der Waals surface area (Å²) >= 11 is 0. The lowest BCUT2D eigenvalue weighted by Gasteiger charge is -2.18. The molecule has 1 fully saturated rings. The number of ether oxygens (including phenoxy) is 2. The largest absolute Gasteiger partial charge is 0.493 e. The lowest BCUT2D eigenvalue weighted by atomic mass is 10.0. The van der Waals surface area contributed by atoms with Crippen LogP contribution < -0.4 is 14.8 Å². The van der Waals surface area contributed by atoms with Gasteiger partial charge in [-0.2, -0.15) is 0 Å². The fourth-order valence-electron chi connectivity index (χ4n) is 4.50. The lowest BCUT2D eigenvalue weighted by Crippen LogP contribution is -2.23. The Balaban J connectivity index is 1.53. The van der Waals surface area contributed by atoms with Crippen LogP contribution in [0.15, 0.2) is 12.1 Å². The van der Waals surface area contributed by atoms with Crippen molar-refractivity contribution in [2.45, 2.75) is 58.2 Å². The van der Waals surface area contributed by atoms with Gasteiger partial charge in [-0.25, -0.2) is 9.37 Å². The molecule has 2 aliphatic rings. The number of alkyl halides is 1. The van der Waals surface area contributed by atoms with Gasteiger partial charge in [-0.3, -0.25) is 0 Å². The number of methoxy groups -OCH3 is 1. The fraction of sp³-hybridized carbons (Fsp3) is 0.609. The second-order valence-electron chi connectivity index (χ2n) is 8.48. The van der Waals surface area contributed by atoms with Gasteiger partial charge in [0.05, 0.1) is 19.2 Å². The van der Waals surface area contributed by atoms with E-state index in [-0.39, 0.29) is 0 Å². The van der Waals surface area contributed by atoms with E-state index in [2.05, 4.69) is 30.1 Å². The Labute approximate surface area is 172 Å². The molecule has 5 nitrogen and oxygen atoms in total. The van der Waals surface area contributed by atoms with Gasteiger partial charge in [-0.15, -0.1) is 0 Å². The Bertz CT molecular complexity index is 871. The number of halogens is 1. The molecule has 0 unspecified atom stereocenters. The lowest BCUT2D eigenvalue weighted by molar-refractivity contribution is 0.243. The van der Waals surface area contributed by atoms with Gasteiger partial charge in [0.15, 0.2) is 11.5 Å². The molecule has 1 aliphatic carbocycles. The molecule has 4 rings (SSSR count). The van der Waals surface area contributed by atoms with E-state index >= 15 is 0 Å². The van der Waals surface area contributed by atoms with Crippen LogP contribution in [0.3, 0.4) is 0 Å². The highest BCUT2D eigenvalue weighted by atomic mass is 19.1. The maximum atomic E-state index is 13.3. The number of pyridine rings is 1. The van der Waals surface area contributed by atoms with E-state index in [4.69, 9.17) is 14.5 Å². The van der Waals surface area contributed by atoms with Gasteiger partial charge in [0, 0.05) is 37.1 Å². The Kier molecular flexibility index (Phi) is 6.09. The van der Waals surface area contributed by atoms with Crippen LogP contribution in [0.5, 0.6) is 11.5 Å². The average molecular weight is 402 g/mol. The van der Waals surface area contributed by atoms with Crippen molar-refractivity contribution in [2.75, 3.05) is 38.7 Å². The Hall–Kier alpha value is -2.08. The van der Waals surface area contributed by atoms with Gasteiger partial charge in [-0.05, 0) is 63.1 Å². The third kappa shape index (κ3) is 4.42. The number of aryl methyl sites for hydroxylation is 1. The maximum absolute atomic E-state index is 13.3. The molecule has 2 aromatic rings. The number of fused-ring (bicyclic) bond motifs is 3. The van der Waals surface area contributed by atoms with Gasteiger partial charge in [0.25, 0.3) is 0 Å². The van der Waals surface area contributed by atoms with Crippen LogP contribution in [0.25, 0.3) is 10.9 Å². The zero-order valence-corrected chi connectivity index (χ0v) is 17.8. The summed E-state index contributed by atoms with van der Waals surface area (Å²) in [4.78, 5) is 7.09. The number of likely N-dealkylation sites (tertiary alicyclic amines) is 1. The molecule has 29 heavy (non-hydrogen) atoms. The maximum Gasteiger partial charge on any atom is 0.163 e. The van der Waals surface area contributed by atoms with Crippen molar-refractivity contribution in [1.82, 2.24) is 9.88 Å². The van der Waals surface area contributed by atoms with Gasteiger partial charge in [0.2, 0.25) is 0 Å². The highest BCUT2D eigenvalue weighted by molar-refractivity contribution is 5.89. The second-order valence-corrected chi connectivity index (χ2v) is 8.48. The standard InChI is InChI=1S/C23H32FN3O2/c1-15(2)25-23-18-7-4-6-17(18)19-12-21(28-3)22(13-20(19)26-23)29-11-5-9-27-10-8-16(24)14-27/h12-13,15-16H,4-11,14H2,1-3H3,(H,25,26)/t16-/m0/s1. The predicted octanol–water partition coefficient (Wildman–Crippen LogP) is 4.37. The molecule has 1 aromatic heterocycles. The molecular weight excluding hydrogens is 369 g/mol. The van der Waals surface area contributed by atoms with Crippen LogP contribution in [-0.4, -0.2) is 55.4 Å². The molecule has 0 amide bonds. The molecule has 6 heteroatoms. The molecule has 0 saturated carbocycles. The van der Waals surface area contributed by atoms with Crippen LogP contribution in [0.1, 0.15) is 44.2 Å². The molecule has 2 heterocycles. The van der Waals surface area contributed by atoms with Crippen molar-refractivity contribution in [3.63, 3.8) is 0 Å². The molecule has 1 N–H and O–H groups in total. The van der Waals surface area contributed by atoms with Crippen LogP contribution in [0.2, 0.25) is 0 Å². The van der Waals surface area contributed by atoms with E-state index in [1.807, 2.05) is 6.07 Å². The minimum atomic E-state index is -0.669. The Morgan fingerprint density at radius 1 is 1.24 bits per heavy atom. The van der Waals surface area contributed by atoms with Crippen molar-refractivity contribution in [1.29, 1.82) is 0 Å². The Morgan fingerprint density at radius 2 is 2.07 bits per heavy atom. The molecule has 0 radical (unpaired) electrons. The van der Waals surface area contributed by atoms with E-state index in [1.165, 1.54) is 22.9 Å². The van der Waals surface area contributed by atoms with Crippen molar-refractivity contribution in [3.05, 3.63) is 23.3 Å². The van der Waals surface area contributed by atoms with Gasteiger partial charge in [0.1, 0.15) is 12.0 Å². The number of aromatic nitrogens is 1. The Morgan fingerprint density at radius 3 is 2.79 bits per heavy atom. The minimum absolute atomic E-state index is 0.341. The van der Waals surface area contributed by atoms with Crippen molar-refractivity contribution < 1.29 is 13.9 Å². The first-order valence-electron chi connectivity index (χ1n) is 10.8. The topological polar surface area (TPSA) is 46.6 Å². The smallest absolute Gasteiger partial charge is 0.163 e. The molecule has 158 valence electrons. The van der Waals surface area contributed by atoms with Crippen LogP contribution in [-0.2, 0) is 12.8 Å². The van der Waals surface area contributed by atoms with E-state index in [0.29, 0.717) is 25.6 Å². The molecule has 1 aromatic carbocycles. The average Bonchev–Trinajstić information content (AvgIpc) is 3.34. The summed E-state index contributed by atoms with van der Waals surface area (Å²) in [7, 11) is 1.68. The number of benzene rings is 1. The summed E-state index contributed by atoms with van der Waals surface area (Å²) in [6, 6.07) is 4.43. The number of nitrogens with zero attached hydrogens (tertiary/aromatic N) is 2. The summed E-state index contributed by atoms with van der Waals surface area (Å²) in [6.45, 7) is 7.13. The van der Waals surface area contributed by atoms with Gasteiger partial charge >= 0.3 is 0 Å². The van der Waals surface area contributed by atoms with Gasteiger partial charge < -0.3 is 19.7 Å². The number of rotatable bonds is 8. The predicted molar refractivity (Wildman–Crippen MR) is 115 cm³/mol. The van der Waals surface area contributed by atoms with Crippen molar-refractivity contribution in [2.24, 2.45) is 0 Å². The highest BCUT2D eigenvalue weighted by Gasteiger charge is 2.23. The molecule has 1 aliphatic heterocycles. The second kappa shape index (κ2) is 8.74. The van der Waals surface area contributed by atoms with Gasteiger partial charge in [-0.1, -0.05) is 0 Å². The third-order valence-corrected chi connectivity index (χ3v) is 5.86. The van der Waals surface area contributed by atoms with E-state index < -0.39 is 6.17 Å². The first-order chi connectivity index (χ1) is 14.0.